The highest BCUT2D eigenvalue weighted by atomic mass is 16.2. The van der Waals surface area contributed by atoms with Crippen molar-refractivity contribution in [2.45, 2.75) is 45.7 Å². The van der Waals surface area contributed by atoms with Crippen LogP contribution in [0.25, 0.3) is 0 Å². The Kier molecular flexibility index (Phi) is 4.82. The van der Waals surface area contributed by atoms with E-state index in [2.05, 4.69) is 15.5 Å². The number of hydrogen-bond acceptors (Lipinski definition) is 5. The summed E-state index contributed by atoms with van der Waals surface area (Å²) in [5, 5.41) is 10.7. The van der Waals surface area contributed by atoms with E-state index in [-0.39, 0.29) is 30.3 Å². The summed E-state index contributed by atoms with van der Waals surface area (Å²) in [4.78, 5) is 28.6. The summed E-state index contributed by atoms with van der Waals surface area (Å²) in [6.45, 7) is 5.29. The van der Waals surface area contributed by atoms with E-state index >= 15 is 0 Å². The van der Waals surface area contributed by atoms with Crippen LogP contribution in [0.4, 0.5) is 0 Å². The van der Waals surface area contributed by atoms with Gasteiger partial charge in [-0.15, -0.1) is 5.10 Å². The Balaban J connectivity index is 1.51. The van der Waals surface area contributed by atoms with Crippen LogP contribution in [0.2, 0.25) is 0 Å². The molecule has 1 heterocycles. The second-order valence-corrected chi connectivity index (χ2v) is 7.29. The number of tetrazole rings is 1. The lowest BCUT2D eigenvalue weighted by Crippen LogP contribution is -2.46. The van der Waals surface area contributed by atoms with Gasteiger partial charge in [0.25, 0.3) is 0 Å². The minimum absolute atomic E-state index is 0.0680. The first-order valence-electron chi connectivity index (χ1n) is 8.72. The number of likely N-dealkylation sites (N-methyl/N-ethyl adjacent to an activating group) is 1. The molecule has 2 amide bonds. The molecule has 3 rings (SSSR count). The second-order valence-electron chi connectivity index (χ2n) is 7.29. The van der Waals surface area contributed by atoms with E-state index in [9.17, 15) is 9.59 Å². The monoisotopic (exact) mass is 334 g/mol. The molecule has 3 atom stereocenters. The topological polar surface area (TPSA) is 84.2 Å². The van der Waals surface area contributed by atoms with Gasteiger partial charge in [-0.25, -0.2) is 4.68 Å². The van der Waals surface area contributed by atoms with Crippen LogP contribution in [0.3, 0.4) is 0 Å². The SMILES string of the molecule is CC(C)N(CCN(C)C(=O)Cn1cnnn1)C(=O)[C@@H]1CC[C@@H]2C[C@@H]21. The fraction of sp³-hybridized carbons (Fsp3) is 0.812. The van der Waals surface area contributed by atoms with Gasteiger partial charge in [0.2, 0.25) is 11.8 Å². The number of carbonyl (C=O) groups excluding carboxylic acids is 2. The first-order valence-corrected chi connectivity index (χ1v) is 8.72. The lowest BCUT2D eigenvalue weighted by atomic mass is 10.0. The Hall–Kier alpha value is -1.99. The van der Waals surface area contributed by atoms with E-state index in [1.807, 2.05) is 18.7 Å². The largest absolute Gasteiger partial charge is 0.342 e. The standard InChI is InChI=1S/C16H26N6O2/c1-11(2)22(16(24)13-5-4-12-8-14(12)13)7-6-20(3)15(23)9-21-10-17-18-19-21/h10-14H,4-9H2,1-3H3/t12-,13-,14+/m1/s1. The van der Waals surface area contributed by atoms with E-state index in [1.54, 1.807) is 11.9 Å². The number of aromatic nitrogens is 4. The third kappa shape index (κ3) is 3.57. The summed E-state index contributed by atoms with van der Waals surface area (Å²) in [5.41, 5.74) is 0. The fourth-order valence-corrected chi connectivity index (χ4v) is 3.74. The molecule has 0 spiro atoms. The molecule has 0 N–H and O–H groups in total. The Morgan fingerprint density at radius 2 is 2.08 bits per heavy atom. The van der Waals surface area contributed by atoms with Crippen molar-refractivity contribution in [2.75, 3.05) is 20.1 Å². The summed E-state index contributed by atoms with van der Waals surface area (Å²) in [6, 6.07) is 0.151. The van der Waals surface area contributed by atoms with Gasteiger partial charge >= 0.3 is 0 Å². The minimum Gasteiger partial charge on any atom is -0.342 e. The van der Waals surface area contributed by atoms with Crippen LogP contribution in [0, 0.1) is 17.8 Å². The first kappa shape index (κ1) is 16.9. The maximum atomic E-state index is 12.9. The molecule has 8 heteroatoms. The predicted molar refractivity (Wildman–Crippen MR) is 86.6 cm³/mol. The molecular formula is C16H26N6O2. The smallest absolute Gasteiger partial charge is 0.244 e. The van der Waals surface area contributed by atoms with Crippen molar-refractivity contribution >= 4 is 11.8 Å². The van der Waals surface area contributed by atoms with Crippen molar-refractivity contribution < 1.29 is 9.59 Å². The average Bonchev–Trinajstić information content (AvgIpc) is 2.96. The van der Waals surface area contributed by atoms with Crippen molar-refractivity contribution in [1.29, 1.82) is 0 Å². The molecule has 0 aromatic carbocycles. The van der Waals surface area contributed by atoms with Crippen molar-refractivity contribution in [1.82, 2.24) is 30.0 Å². The Bertz CT molecular complexity index is 587. The van der Waals surface area contributed by atoms with Crippen LogP contribution in [0.15, 0.2) is 6.33 Å². The predicted octanol–water partition coefficient (Wildman–Crippen LogP) is 0.415. The van der Waals surface area contributed by atoms with Crippen LogP contribution in [0.1, 0.15) is 33.1 Å². The molecule has 0 bridgehead atoms. The van der Waals surface area contributed by atoms with Crippen LogP contribution < -0.4 is 0 Å². The molecule has 0 radical (unpaired) electrons. The Morgan fingerprint density at radius 1 is 1.29 bits per heavy atom. The third-order valence-electron chi connectivity index (χ3n) is 5.36. The quantitative estimate of drug-likeness (QED) is 0.721. The zero-order chi connectivity index (χ0) is 17.3. The van der Waals surface area contributed by atoms with Crippen molar-refractivity contribution in [3.63, 3.8) is 0 Å². The Labute approximate surface area is 142 Å². The lowest BCUT2D eigenvalue weighted by Gasteiger charge is -2.31. The van der Waals surface area contributed by atoms with E-state index in [0.29, 0.717) is 19.0 Å². The van der Waals surface area contributed by atoms with Gasteiger partial charge < -0.3 is 9.80 Å². The van der Waals surface area contributed by atoms with E-state index in [1.165, 1.54) is 23.9 Å². The van der Waals surface area contributed by atoms with Crippen LogP contribution in [0.5, 0.6) is 0 Å². The minimum atomic E-state index is -0.0680. The van der Waals surface area contributed by atoms with Crippen LogP contribution >= 0.6 is 0 Å². The molecule has 2 fully saturated rings. The van der Waals surface area contributed by atoms with Gasteiger partial charge in [0, 0.05) is 32.1 Å². The van der Waals surface area contributed by atoms with Gasteiger partial charge in [0.1, 0.15) is 12.9 Å². The highest BCUT2D eigenvalue weighted by molar-refractivity contribution is 5.80. The number of hydrogen-bond donors (Lipinski definition) is 0. The van der Waals surface area contributed by atoms with Gasteiger partial charge in [-0.1, -0.05) is 0 Å². The molecule has 0 aliphatic heterocycles. The zero-order valence-corrected chi connectivity index (χ0v) is 14.6. The van der Waals surface area contributed by atoms with Crippen molar-refractivity contribution in [2.24, 2.45) is 17.8 Å². The van der Waals surface area contributed by atoms with Gasteiger partial charge in [-0.05, 0) is 55.4 Å². The highest BCUT2D eigenvalue weighted by Gasteiger charge is 2.51. The molecule has 24 heavy (non-hydrogen) atoms. The van der Waals surface area contributed by atoms with E-state index in [4.69, 9.17) is 0 Å². The highest BCUT2D eigenvalue weighted by Crippen LogP contribution is 2.55. The van der Waals surface area contributed by atoms with E-state index in [0.717, 1.165) is 12.3 Å². The van der Waals surface area contributed by atoms with Gasteiger partial charge in [-0.2, -0.15) is 0 Å². The summed E-state index contributed by atoms with van der Waals surface area (Å²) in [5.74, 6) is 1.84. The number of fused-ring (bicyclic) bond motifs is 1. The van der Waals surface area contributed by atoms with Gasteiger partial charge in [0.05, 0.1) is 0 Å². The normalized spacial score (nSPS) is 24.8. The lowest BCUT2D eigenvalue weighted by molar-refractivity contribution is -0.139. The average molecular weight is 334 g/mol. The second kappa shape index (κ2) is 6.86. The number of amides is 2. The molecule has 2 saturated carbocycles. The van der Waals surface area contributed by atoms with Crippen LogP contribution in [-0.4, -0.2) is 68.0 Å². The van der Waals surface area contributed by atoms with Crippen LogP contribution in [-0.2, 0) is 16.1 Å². The molecule has 1 aromatic rings. The number of rotatable bonds is 7. The molecule has 2 aliphatic rings. The molecule has 0 saturated heterocycles. The van der Waals surface area contributed by atoms with Gasteiger partial charge in [0.15, 0.2) is 0 Å². The molecule has 8 nitrogen and oxygen atoms in total. The number of nitrogens with zero attached hydrogens (tertiary/aromatic N) is 6. The summed E-state index contributed by atoms with van der Waals surface area (Å²) in [7, 11) is 1.75. The molecule has 1 aromatic heterocycles. The van der Waals surface area contributed by atoms with E-state index < -0.39 is 0 Å². The van der Waals surface area contributed by atoms with Crippen molar-refractivity contribution in [3.05, 3.63) is 6.33 Å². The molecule has 132 valence electrons. The zero-order valence-electron chi connectivity index (χ0n) is 14.6. The van der Waals surface area contributed by atoms with Gasteiger partial charge in [-0.3, -0.25) is 9.59 Å². The summed E-state index contributed by atoms with van der Waals surface area (Å²) in [6.07, 6.45) is 4.89. The Morgan fingerprint density at radius 3 is 2.62 bits per heavy atom. The maximum Gasteiger partial charge on any atom is 0.244 e. The first-order chi connectivity index (χ1) is 11.5. The molecule has 2 aliphatic carbocycles. The fourth-order valence-electron chi connectivity index (χ4n) is 3.74. The third-order valence-corrected chi connectivity index (χ3v) is 5.36. The summed E-state index contributed by atoms with van der Waals surface area (Å²) >= 11 is 0. The van der Waals surface area contributed by atoms with Crippen molar-refractivity contribution in [3.8, 4) is 0 Å². The molecular weight excluding hydrogens is 308 g/mol. The molecule has 0 unspecified atom stereocenters. The number of carbonyl (C=O) groups is 2. The maximum absolute atomic E-state index is 12.9. The summed E-state index contributed by atoms with van der Waals surface area (Å²) < 4.78 is 1.40.